The minimum atomic E-state index is -0.0233. The lowest BCUT2D eigenvalue weighted by Gasteiger charge is -2.14. The quantitative estimate of drug-likeness (QED) is 0.794. The monoisotopic (exact) mass is 289 g/mol. The van der Waals surface area contributed by atoms with Crippen LogP contribution in [0.15, 0.2) is 16.2 Å². The van der Waals surface area contributed by atoms with Crippen LogP contribution < -0.4 is 5.32 Å². The van der Waals surface area contributed by atoms with Gasteiger partial charge < -0.3 is 9.84 Å². The smallest absolute Gasteiger partial charge is 0.223 e. The van der Waals surface area contributed by atoms with Crippen molar-refractivity contribution in [3.8, 4) is 0 Å². The van der Waals surface area contributed by atoms with Crippen molar-refractivity contribution in [1.29, 1.82) is 0 Å². The molecule has 1 N–H and O–H groups in total. The molecule has 6 nitrogen and oxygen atoms in total. The molecule has 0 saturated heterocycles. The maximum absolute atomic E-state index is 5.05. The molecule has 3 aromatic rings. The molecule has 104 valence electrons. The van der Waals surface area contributed by atoms with Crippen molar-refractivity contribution in [2.75, 3.05) is 5.32 Å². The molecule has 0 aliphatic rings. The summed E-state index contributed by atoms with van der Waals surface area (Å²) in [5, 5.41) is 10.5. The van der Waals surface area contributed by atoms with Gasteiger partial charge in [-0.15, -0.1) is 11.3 Å². The molecule has 3 heterocycles. The molecule has 0 fully saturated rings. The number of aryl methyl sites for hydroxylation is 2. The second-order valence-corrected chi connectivity index (χ2v) is 5.46. The van der Waals surface area contributed by atoms with Crippen LogP contribution in [0, 0.1) is 13.8 Å². The summed E-state index contributed by atoms with van der Waals surface area (Å²) < 4.78 is 5.05. The zero-order chi connectivity index (χ0) is 14.1. The van der Waals surface area contributed by atoms with E-state index in [1.165, 1.54) is 5.56 Å². The summed E-state index contributed by atoms with van der Waals surface area (Å²) in [7, 11) is 0. The van der Waals surface area contributed by atoms with Crippen molar-refractivity contribution in [2.45, 2.75) is 33.2 Å². The van der Waals surface area contributed by atoms with Gasteiger partial charge >= 0.3 is 0 Å². The summed E-state index contributed by atoms with van der Waals surface area (Å²) in [6.07, 6.45) is 2.42. The lowest BCUT2D eigenvalue weighted by atomic mass is 10.2. The standard InChI is InChI=1S/C13H15N5OS/c1-4-9(11-16-8(3)19-18-11)17-12-10-7(2)5-20-13(10)15-6-14-12/h5-6,9H,4H2,1-3H3,(H,14,15,17). The summed E-state index contributed by atoms with van der Waals surface area (Å²) in [4.78, 5) is 13.9. The van der Waals surface area contributed by atoms with E-state index in [1.807, 2.05) is 0 Å². The van der Waals surface area contributed by atoms with E-state index < -0.39 is 0 Å². The van der Waals surface area contributed by atoms with Gasteiger partial charge in [-0.3, -0.25) is 0 Å². The van der Waals surface area contributed by atoms with Crippen LogP contribution in [0.1, 0.15) is 36.7 Å². The van der Waals surface area contributed by atoms with Crippen LogP contribution in [-0.4, -0.2) is 20.1 Å². The van der Waals surface area contributed by atoms with E-state index in [1.54, 1.807) is 24.6 Å². The Kier molecular flexibility index (Phi) is 3.35. The van der Waals surface area contributed by atoms with Crippen LogP contribution in [0.4, 0.5) is 5.82 Å². The van der Waals surface area contributed by atoms with E-state index in [9.17, 15) is 0 Å². The molecule has 3 rings (SSSR count). The number of thiophene rings is 1. The molecule has 0 bridgehead atoms. The average molecular weight is 289 g/mol. The van der Waals surface area contributed by atoms with E-state index in [0.717, 1.165) is 22.5 Å². The van der Waals surface area contributed by atoms with E-state index in [2.05, 4.69) is 44.7 Å². The number of nitrogens with zero attached hydrogens (tertiary/aromatic N) is 4. The molecule has 7 heteroatoms. The first kappa shape index (κ1) is 13.0. The fourth-order valence-electron chi connectivity index (χ4n) is 2.10. The predicted molar refractivity (Wildman–Crippen MR) is 77.8 cm³/mol. The number of fused-ring (bicyclic) bond motifs is 1. The second-order valence-electron chi connectivity index (χ2n) is 4.60. The van der Waals surface area contributed by atoms with Gasteiger partial charge in [-0.05, 0) is 24.3 Å². The molecule has 1 atom stereocenters. The van der Waals surface area contributed by atoms with Crippen LogP contribution in [-0.2, 0) is 0 Å². The van der Waals surface area contributed by atoms with E-state index >= 15 is 0 Å². The summed E-state index contributed by atoms with van der Waals surface area (Å²) in [6, 6.07) is -0.0233. The first-order valence-corrected chi connectivity index (χ1v) is 7.32. The minimum Gasteiger partial charge on any atom is -0.359 e. The maximum Gasteiger partial charge on any atom is 0.223 e. The minimum absolute atomic E-state index is 0.0233. The summed E-state index contributed by atoms with van der Waals surface area (Å²) in [5.74, 6) is 2.05. The first-order valence-electron chi connectivity index (χ1n) is 6.44. The normalized spacial score (nSPS) is 12.8. The van der Waals surface area contributed by atoms with Crippen molar-refractivity contribution in [3.63, 3.8) is 0 Å². The number of hydrogen-bond donors (Lipinski definition) is 1. The summed E-state index contributed by atoms with van der Waals surface area (Å²) in [6.45, 7) is 5.92. The van der Waals surface area contributed by atoms with Gasteiger partial charge in [-0.1, -0.05) is 12.1 Å². The Balaban J connectivity index is 1.97. The van der Waals surface area contributed by atoms with Crippen LogP contribution in [0.25, 0.3) is 10.2 Å². The summed E-state index contributed by atoms with van der Waals surface area (Å²) in [5.41, 5.74) is 1.17. The number of aromatic nitrogens is 4. The molecule has 1 unspecified atom stereocenters. The SMILES string of the molecule is CCC(Nc1ncnc2scc(C)c12)c1noc(C)n1. The molecule has 0 aliphatic heterocycles. The van der Waals surface area contributed by atoms with Crippen LogP contribution >= 0.6 is 11.3 Å². The molecule has 0 aliphatic carbocycles. The second kappa shape index (κ2) is 5.16. The number of rotatable bonds is 4. The van der Waals surface area contributed by atoms with E-state index in [4.69, 9.17) is 4.52 Å². The van der Waals surface area contributed by atoms with Crippen LogP contribution in [0.5, 0.6) is 0 Å². The highest BCUT2D eigenvalue weighted by Gasteiger charge is 2.18. The predicted octanol–water partition coefficient (Wildman–Crippen LogP) is 3.25. The van der Waals surface area contributed by atoms with Gasteiger partial charge in [-0.2, -0.15) is 4.98 Å². The van der Waals surface area contributed by atoms with Crippen molar-refractivity contribution in [2.24, 2.45) is 0 Å². The van der Waals surface area contributed by atoms with Gasteiger partial charge in [0.1, 0.15) is 17.0 Å². The zero-order valence-corrected chi connectivity index (χ0v) is 12.4. The van der Waals surface area contributed by atoms with Gasteiger partial charge in [0, 0.05) is 6.92 Å². The highest BCUT2D eigenvalue weighted by atomic mass is 32.1. The van der Waals surface area contributed by atoms with Gasteiger partial charge in [0.2, 0.25) is 5.89 Å². The van der Waals surface area contributed by atoms with Gasteiger partial charge in [0.05, 0.1) is 11.4 Å². The first-order chi connectivity index (χ1) is 9.69. The van der Waals surface area contributed by atoms with Crippen LogP contribution in [0.2, 0.25) is 0 Å². The molecule has 0 amide bonds. The fraction of sp³-hybridized carbons (Fsp3) is 0.385. The molecule has 3 aromatic heterocycles. The maximum atomic E-state index is 5.05. The van der Waals surface area contributed by atoms with Crippen molar-refractivity contribution in [3.05, 3.63) is 29.0 Å². The van der Waals surface area contributed by atoms with Crippen molar-refractivity contribution < 1.29 is 4.52 Å². The van der Waals surface area contributed by atoms with E-state index in [0.29, 0.717) is 11.7 Å². The van der Waals surface area contributed by atoms with Crippen molar-refractivity contribution in [1.82, 2.24) is 20.1 Å². The Morgan fingerprint density at radius 2 is 2.20 bits per heavy atom. The molecular formula is C13H15N5OS. The zero-order valence-electron chi connectivity index (χ0n) is 11.5. The number of nitrogens with one attached hydrogen (secondary N) is 1. The largest absolute Gasteiger partial charge is 0.359 e. The van der Waals surface area contributed by atoms with Gasteiger partial charge in [0.15, 0.2) is 5.82 Å². The van der Waals surface area contributed by atoms with E-state index in [-0.39, 0.29) is 6.04 Å². The molecule has 20 heavy (non-hydrogen) atoms. The Morgan fingerprint density at radius 3 is 2.90 bits per heavy atom. The Labute approximate surface area is 120 Å². The highest BCUT2D eigenvalue weighted by molar-refractivity contribution is 7.17. The third-order valence-electron chi connectivity index (χ3n) is 3.13. The third-order valence-corrected chi connectivity index (χ3v) is 4.13. The molecule has 0 aromatic carbocycles. The third kappa shape index (κ3) is 2.24. The van der Waals surface area contributed by atoms with Crippen LogP contribution in [0.3, 0.4) is 0 Å². The topological polar surface area (TPSA) is 76.7 Å². The molecule has 0 spiro atoms. The number of hydrogen-bond acceptors (Lipinski definition) is 7. The summed E-state index contributed by atoms with van der Waals surface area (Å²) >= 11 is 1.62. The number of anilines is 1. The molecule has 0 saturated carbocycles. The highest BCUT2D eigenvalue weighted by Crippen LogP contribution is 2.30. The Bertz CT molecular complexity index is 735. The van der Waals surface area contributed by atoms with Gasteiger partial charge in [0.25, 0.3) is 0 Å². The lowest BCUT2D eigenvalue weighted by molar-refractivity contribution is 0.384. The lowest BCUT2D eigenvalue weighted by Crippen LogP contribution is -2.13. The Hall–Kier alpha value is -2.02. The van der Waals surface area contributed by atoms with Crippen molar-refractivity contribution >= 4 is 27.4 Å². The average Bonchev–Trinajstić information content (AvgIpc) is 3.03. The Morgan fingerprint density at radius 1 is 1.35 bits per heavy atom. The fourth-order valence-corrected chi connectivity index (χ4v) is 2.99. The van der Waals surface area contributed by atoms with Gasteiger partial charge in [-0.25, -0.2) is 9.97 Å². The molecular weight excluding hydrogens is 274 g/mol. The molecule has 0 radical (unpaired) electrons.